The SMILES string of the molecule is CCOCCS(=O)(=O)N(C)C1CCCCC1Cl. The van der Waals surface area contributed by atoms with Crippen molar-refractivity contribution in [2.75, 3.05) is 26.0 Å². The highest BCUT2D eigenvalue weighted by Crippen LogP contribution is 2.28. The molecule has 1 saturated carbocycles. The van der Waals surface area contributed by atoms with E-state index < -0.39 is 10.0 Å². The van der Waals surface area contributed by atoms with Gasteiger partial charge in [0.05, 0.1) is 17.7 Å². The maximum absolute atomic E-state index is 12.0. The Morgan fingerprint density at radius 2 is 2.00 bits per heavy atom. The molecule has 1 fully saturated rings. The second kappa shape index (κ2) is 6.92. The zero-order valence-electron chi connectivity index (χ0n) is 10.6. The first kappa shape index (κ1) is 15.2. The van der Waals surface area contributed by atoms with Crippen molar-refractivity contribution in [1.29, 1.82) is 0 Å². The third kappa shape index (κ3) is 4.39. The summed E-state index contributed by atoms with van der Waals surface area (Å²) in [6, 6.07) is -0.0583. The maximum Gasteiger partial charge on any atom is 0.216 e. The molecule has 0 amide bonds. The Morgan fingerprint density at radius 1 is 1.35 bits per heavy atom. The Bertz CT molecular complexity index is 321. The zero-order chi connectivity index (χ0) is 12.9. The van der Waals surface area contributed by atoms with Crippen molar-refractivity contribution >= 4 is 21.6 Å². The highest BCUT2D eigenvalue weighted by molar-refractivity contribution is 7.89. The number of ether oxygens (including phenoxy) is 1. The van der Waals surface area contributed by atoms with E-state index in [0.29, 0.717) is 6.61 Å². The predicted molar refractivity (Wildman–Crippen MR) is 69.9 cm³/mol. The number of nitrogens with zero attached hydrogens (tertiary/aromatic N) is 1. The van der Waals surface area contributed by atoms with Gasteiger partial charge in [0, 0.05) is 19.7 Å². The molecule has 102 valence electrons. The van der Waals surface area contributed by atoms with Crippen LogP contribution < -0.4 is 0 Å². The molecule has 0 heterocycles. The van der Waals surface area contributed by atoms with Gasteiger partial charge in [0.15, 0.2) is 0 Å². The number of hydrogen-bond donors (Lipinski definition) is 0. The van der Waals surface area contributed by atoms with Crippen LogP contribution in [0.25, 0.3) is 0 Å². The topological polar surface area (TPSA) is 46.6 Å². The summed E-state index contributed by atoms with van der Waals surface area (Å²) in [5, 5.41) is -0.0596. The number of alkyl halides is 1. The lowest BCUT2D eigenvalue weighted by molar-refractivity contribution is 0.162. The third-order valence-electron chi connectivity index (χ3n) is 3.24. The molecule has 0 bridgehead atoms. The van der Waals surface area contributed by atoms with E-state index in [1.165, 1.54) is 4.31 Å². The van der Waals surface area contributed by atoms with Crippen LogP contribution in [-0.2, 0) is 14.8 Å². The summed E-state index contributed by atoms with van der Waals surface area (Å²) in [6.07, 6.45) is 3.91. The van der Waals surface area contributed by atoms with Gasteiger partial charge in [-0.3, -0.25) is 0 Å². The van der Waals surface area contributed by atoms with Crippen LogP contribution in [0.2, 0.25) is 0 Å². The standard InChI is InChI=1S/C11H22ClNO3S/c1-3-16-8-9-17(14,15)13(2)11-7-5-4-6-10(11)12/h10-11H,3-9H2,1-2H3. The second-order valence-corrected chi connectivity index (χ2v) is 7.11. The molecule has 0 aliphatic heterocycles. The number of hydrogen-bond acceptors (Lipinski definition) is 3. The van der Waals surface area contributed by atoms with Gasteiger partial charge in [-0.15, -0.1) is 11.6 Å². The lowest BCUT2D eigenvalue weighted by Crippen LogP contribution is -2.45. The molecular weight excluding hydrogens is 262 g/mol. The van der Waals surface area contributed by atoms with Gasteiger partial charge in [-0.1, -0.05) is 12.8 Å². The quantitative estimate of drug-likeness (QED) is 0.552. The van der Waals surface area contributed by atoms with Crippen LogP contribution in [0.15, 0.2) is 0 Å². The number of rotatable bonds is 6. The van der Waals surface area contributed by atoms with Gasteiger partial charge in [-0.05, 0) is 19.8 Å². The molecule has 0 spiro atoms. The van der Waals surface area contributed by atoms with Crippen molar-refractivity contribution in [3.05, 3.63) is 0 Å². The molecule has 17 heavy (non-hydrogen) atoms. The van der Waals surface area contributed by atoms with Gasteiger partial charge in [0.25, 0.3) is 0 Å². The zero-order valence-corrected chi connectivity index (χ0v) is 12.1. The minimum atomic E-state index is -3.24. The monoisotopic (exact) mass is 283 g/mol. The van der Waals surface area contributed by atoms with Crippen LogP contribution in [0.3, 0.4) is 0 Å². The molecule has 0 aromatic rings. The molecule has 2 unspecified atom stereocenters. The van der Waals surface area contributed by atoms with Gasteiger partial charge < -0.3 is 4.74 Å². The average Bonchev–Trinajstić information content (AvgIpc) is 2.29. The summed E-state index contributed by atoms with van der Waals surface area (Å²) >= 11 is 6.21. The summed E-state index contributed by atoms with van der Waals surface area (Å²) in [7, 11) is -1.61. The Morgan fingerprint density at radius 3 is 2.59 bits per heavy atom. The molecule has 1 aliphatic carbocycles. The van der Waals surface area contributed by atoms with Crippen molar-refractivity contribution in [3.8, 4) is 0 Å². The molecule has 0 radical (unpaired) electrons. The van der Waals surface area contributed by atoms with Crippen molar-refractivity contribution < 1.29 is 13.2 Å². The fraction of sp³-hybridized carbons (Fsp3) is 1.00. The van der Waals surface area contributed by atoms with Crippen LogP contribution in [0.4, 0.5) is 0 Å². The lowest BCUT2D eigenvalue weighted by atomic mass is 9.95. The summed E-state index contributed by atoms with van der Waals surface area (Å²) < 4.78 is 30.6. The minimum absolute atomic E-state index is 0.0391. The highest BCUT2D eigenvalue weighted by Gasteiger charge is 2.32. The van der Waals surface area contributed by atoms with Crippen molar-refractivity contribution in [2.24, 2.45) is 0 Å². The first-order valence-electron chi connectivity index (χ1n) is 6.16. The predicted octanol–water partition coefficient (Wildman–Crippen LogP) is 1.83. The van der Waals surface area contributed by atoms with Crippen LogP contribution in [0.5, 0.6) is 0 Å². The van der Waals surface area contributed by atoms with E-state index in [0.717, 1.165) is 25.7 Å². The first-order chi connectivity index (χ1) is 7.99. The molecule has 1 aliphatic rings. The van der Waals surface area contributed by atoms with Gasteiger partial charge in [-0.2, -0.15) is 0 Å². The Kier molecular flexibility index (Phi) is 6.20. The Hall–Kier alpha value is 0.160. The number of halogens is 1. The van der Waals surface area contributed by atoms with E-state index in [4.69, 9.17) is 16.3 Å². The summed E-state index contributed by atoms with van der Waals surface area (Å²) in [6.45, 7) is 2.65. The summed E-state index contributed by atoms with van der Waals surface area (Å²) in [5.74, 6) is 0.0391. The summed E-state index contributed by atoms with van der Waals surface area (Å²) in [5.41, 5.74) is 0. The Balaban J connectivity index is 2.57. The van der Waals surface area contributed by atoms with E-state index in [9.17, 15) is 8.42 Å². The molecule has 6 heteroatoms. The van der Waals surface area contributed by atoms with Gasteiger partial charge in [0.2, 0.25) is 10.0 Å². The van der Waals surface area contributed by atoms with E-state index in [1.807, 2.05) is 6.92 Å². The maximum atomic E-state index is 12.0. The van der Waals surface area contributed by atoms with E-state index in [-0.39, 0.29) is 23.8 Å². The Labute approximate surface area is 109 Å². The second-order valence-electron chi connectivity index (χ2n) is 4.40. The molecule has 2 atom stereocenters. The molecule has 0 aromatic heterocycles. The van der Waals surface area contributed by atoms with Crippen molar-refractivity contribution in [2.45, 2.75) is 44.0 Å². The van der Waals surface area contributed by atoms with Crippen LogP contribution in [0, 0.1) is 0 Å². The normalized spacial score (nSPS) is 26.4. The smallest absolute Gasteiger partial charge is 0.216 e. The summed E-state index contributed by atoms with van der Waals surface area (Å²) in [4.78, 5) is 0. The van der Waals surface area contributed by atoms with Crippen LogP contribution in [-0.4, -0.2) is 50.2 Å². The van der Waals surface area contributed by atoms with Crippen LogP contribution >= 0.6 is 11.6 Å². The molecule has 4 nitrogen and oxygen atoms in total. The van der Waals surface area contributed by atoms with Gasteiger partial charge >= 0.3 is 0 Å². The van der Waals surface area contributed by atoms with E-state index in [1.54, 1.807) is 7.05 Å². The molecular formula is C11H22ClNO3S. The van der Waals surface area contributed by atoms with Gasteiger partial charge in [0.1, 0.15) is 0 Å². The highest BCUT2D eigenvalue weighted by atomic mass is 35.5. The van der Waals surface area contributed by atoms with Crippen molar-refractivity contribution in [3.63, 3.8) is 0 Å². The molecule has 0 saturated heterocycles. The van der Waals surface area contributed by atoms with E-state index in [2.05, 4.69) is 0 Å². The first-order valence-corrected chi connectivity index (χ1v) is 8.21. The fourth-order valence-corrected chi connectivity index (χ4v) is 3.93. The van der Waals surface area contributed by atoms with Crippen LogP contribution in [0.1, 0.15) is 32.6 Å². The molecule has 1 rings (SSSR count). The van der Waals surface area contributed by atoms with Gasteiger partial charge in [-0.25, -0.2) is 12.7 Å². The molecule has 0 aromatic carbocycles. The number of sulfonamides is 1. The third-order valence-corrected chi connectivity index (χ3v) is 5.58. The fourth-order valence-electron chi connectivity index (χ4n) is 2.13. The lowest BCUT2D eigenvalue weighted by Gasteiger charge is -2.34. The average molecular weight is 284 g/mol. The largest absolute Gasteiger partial charge is 0.381 e. The molecule has 0 N–H and O–H groups in total. The minimum Gasteiger partial charge on any atom is -0.381 e. The van der Waals surface area contributed by atoms with Crippen molar-refractivity contribution in [1.82, 2.24) is 4.31 Å². The van der Waals surface area contributed by atoms with E-state index >= 15 is 0 Å².